The zero-order valence-corrected chi connectivity index (χ0v) is 11.6. The maximum Gasteiger partial charge on any atom is 0.227 e. The highest BCUT2D eigenvalue weighted by Crippen LogP contribution is 2.21. The van der Waals surface area contributed by atoms with E-state index in [1.54, 1.807) is 11.3 Å². The molecule has 0 bridgehead atoms. The van der Waals surface area contributed by atoms with Crippen molar-refractivity contribution in [2.75, 3.05) is 20.1 Å². The molecule has 1 aliphatic heterocycles. The van der Waals surface area contributed by atoms with Crippen molar-refractivity contribution in [3.8, 4) is 0 Å². The molecule has 3 nitrogen and oxygen atoms in total. The lowest BCUT2D eigenvalue weighted by Gasteiger charge is -2.19. The quantitative estimate of drug-likeness (QED) is 0.927. The van der Waals surface area contributed by atoms with Crippen molar-refractivity contribution in [3.05, 3.63) is 20.8 Å². The molecular weight excluding hydrogens is 288 g/mol. The van der Waals surface area contributed by atoms with Gasteiger partial charge in [-0.1, -0.05) is 0 Å². The maximum absolute atomic E-state index is 12.0. The largest absolute Gasteiger partial charge is 0.340 e. The highest BCUT2D eigenvalue weighted by Gasteiger charge is 2.25. The minimum atomic E-state index is 0.174. The number of carbonyl (C=O) groups excluding carboxylic acids is 1. The molecule has 1 amide bonds. The molecule has 1 aliphatic rings. The first kappa shape index (κ1) is 12.1. The van der Waals surface area contributed by atoms with Gasteiger partial charge in [0.15, 0.2) is 0 Å². The summed E-state index contributed by atoms with van der Waals surface area (Å²) in [5.41, 5.74) is 0. The van der Waals surface area contributed by atoms with Crippen LogP contribution in [0.1, 0.15) is 11.3 Å². The summed E-state index contributed by atoms with van der Waals surface area (Å²) in [6.45, 7) is 2.51. The van der Waals surface area contributed by atoms with E-state index < -0.39 is 0 Å². The van der Waals surface area contributed by atoms with Crippen LogP contribution in [0.4, 0.5) is 0 Å². The summed E-state index contributed by atoms with van der Waals surface area (Å²) in [4.78, 5) is 15.1. The maximum atomic E-state index is 12.0. The first-order valence-corrected chi connectivity index (χ1v) is 7.02. The Morgan fingerprint density at radius 2 is 2.56 bits per heavy atom. The van der Waals surface area contributed by atoms with Gasteiger partial charge in [-0.3, -0.25) is 4.79 Å². The van der Waals surface area contributed by atoms with Crippen molar-refractivity contribution in [1.29, 1.82) is 0 Å². The number of thiophene rings is 1. The molecule has 88 valence electrons. The van der Waals surface area contributed by atoms with Crippen LogP contribution in [0.15, 0.2) is 15.9 Å². The highest BCUT2D eigenvalue weighted by atomic mass is 79.9. The SMILES string of the molecule is CN(Cc1cc(Br)cs1)C(=O)C1CCNC1. The van der Waals surface area contributed by atoms with Gasteiger partial charge in [0.25, 0.3) is 0 Å². The minimum Gasteiger partial charge on any atom is -0.340 e. The Morgan fingerprint density at radius 3 is 3.12 bits per heavy atom. The molecule has 1 unspecified atom stereocenters. The van der Waals surface area contributed by atoms with Crippen molar-refractivity contribution in [3.63, 3.8) is 0 Å². The van der Waals surface area contributed by atoms with Gasteiger partial charge in [0.05, 0.1) is 12.5 Å². The van der Waals surface area contributed by atoms with Crippen LogP contribution in [-0.2, 0) is 11.3 Å². The summed E-state index contributed by atoms with van der Waals surface area (Å²) < 4.78 is 1.09. The van der Waals surface area contributed by atoms with Crippen molar-refractivity contribution in [1.82, 2.24) is 10.2 Å². The molecule has 2 heterocycles. The number of nitrogens with zero attached hydrogens (tertiary/aromatic N) is 1. The van der Waals surface area contributed by atoms with E-state index in [9.17, 15) is 4.79 Å². The van der Waals surface area contributed by atoms with E-state index in [1.165, 1.54) is 4.88 Å². The third-order valence-electron chi connectivity index (χ3n) is 2.80. The summed E-state index contributed by atoms with van der Waals surface area (Å²) in [6, 6.07) is 2.07. The predicted molar refractivity (Wildman–Crippen MR) is 69.5 cm³/mol. The lowest BCUT2D eigenvalue weighted by Crippen LogP contribution is -2.33. The fourth-order valence-corrected chi connectivity index (χ4v) is 3.43. The summed E-state index contributed by atoms with van der Waals surface area (Å²) in [7, 11) is 1.88. The number of carbonyl (C=O) groups is 1. The van der Waals surface area contributed by atoms with Crippen LogP contribution in [0.3, 0.4) is 0 Å². The average Bonchev–Trinajstić information content (AvgIpc) is 2.88. The van der Waals surface area contributed by atoms with E-state index in [4.69, 9.17) is 0 Å². The number of hydrogen-bond donors (Lipinski definition) is 1. The van der Waals surface area contributed by atoms with E-state index in [1.807, 2.05) is 17.3 Å². The second kappa shape index (κ2) is 5.29. The fraction of sp³-hybridized carbons (Fsp3) is 0.545. The van der Waals surface area contributed by atoms with Crippen LogP contribution in [0.5, 0.6) is 0 Å². The van der Waals surface area contributed by atoms with E-state index >= 15 is 0 Å². The number of halogens is 1. The van der Waals surface area contributed by atoms with Crippen molar-refractivity contribution in [2.24, 2.45) is 5.92 Å². The molecule has 1 aromatic heterocycles. The second-order valence-corrected chi connectivity index (χ2v) is 6.03. The Hall–Kier alpha value is -0.390. The summed E-state index contributed by atoms with van der Waals surface area (Å²) in [6.07, 6.45) is 0.970. The molecule has 0 aliphatic carbocycles. The van der Waals surface area contributed by atoms with Gasteiger partial charge in [0.1, 0.15) is 0 Å². The fourth-order valence-electron chi connectivity index (χ4n) is 1.93. The van der Waals surface area contributed by atoms with E-state index in [0.29, 0.717) is 6.54 Å². The molecule has 1 saturated heterocycles. The predicted octanol–water partition coefficient (Wildman–Crippen LogP) is 2.08. The molecule has 0 radical (unpaired) electrons. The summed E-state index contributed by atoms with van der Waals surface area (Å²) >= 11 is 5.10. The second-order valence-electron chi connectivity index (χ2n) is 4.12. The Balaban J connectivity index is 1.91. The Kier molecular flexibility index (Phi) is 4.00. The minimum absolute atomic E-state index is 0.174. The van der Waals surface area contributed by atoms with E-state index in [2.05, 4.69) is 27.3 Å². The average molecular weight is 303 g/mol. The summed E-state index contributed by atoms with van der Waals surface area (Å²) in [5.74, 6) is 0.433. The molecule has 1 fully saturated rings. The topological polar surface area (TPSA) is 32.3 Å². The van der Waals surface area contributed by atoms with Gasteiger partial charge in [-0.2, -0.15) is 0 Å². The monoisotopic (exact) mass is 302 g/mol. The van der Waals surface area contributed by atoms with Crippen molar-refractivity contribution >= 4 is 33.2 Å². The molecule has 5 heteroatoms. The van der Waals surface area contributed by atoms with Gasteiger partial charge >= 0.3 is 0 Å². The third-order valence-corrected chi connectivity index (χ3v) is 4.48. The zero-order valence-electron chi connectivity index (χ0n) is 9.20. The molecular formula is C11H15BrN2OS. The Labute approximate surface area is 108 Å². The molecule has 1 N–H and O–H groups in total. The third kappa shape index (κ3) is 2.84. The van der Waals surface area contributed by atoms with Crippen LogP contribution in [0.25, 0.3) is 0 Å². The number of nitrogens with one attached hydrogen (secondary N) is 1. The van der Waals surface area contributed by atoms with Gasteiger partial charge in [0, 0.05) is 28.3 Å². The van der Waals surface area contributed by atoms with Crippen LogP contribution >= 0.6 is 27.3 Å². The van der Waals surface area contributed by atoms with E-state index in [0.717, 1.165) is 24.0 Å². The molecule has 16 heavy (non-hydrogen) atoms. The van der Waals surface area contributed by atoms with Crippen LogP contribution < -0.4 is 5.32 Å². The first-order chi connectivity index (χ1) is 7.66. The molecule has 1 atom stereocenters. The zero-order chi connectivity index (χ0) is 11.5. The molecule has 0 saturated carbocycles. The van der Waals surface area contributed by atoms with Gasteiger partial charge in [-0.25, -0.2) is 0 Å². The van der Waals surface area contributed by atoms with Gasteiger partial charge in [-0.05, 0) is 35.0 Å². The van der Waals surface area contributed by atoms with Crippen molar-refractivity contribution in [2.45, 2.75) is 13.0 Å². The van der Waals surface area contributed by atoms with Gasteiger partial charge in [0.2, 0.25) is 5.91 Å². The molecule has 0 aromatic carbocycles. The summed E-state index contributed by atoms with van der Waals surface area (Å²) in [5, 5.41) is 5.27. The van der Waals surface area contributed by atoms with Crippen LogP contribution in [0.2, 0.25) is 0 Å². The highest BCUT2D eigenvalue weighted by molar-refractivity contribution is 9.10. The molecule has 2 rings (SSSR count). The Morgan fingerprint density at radius 1 is 1.75 bits per heavy atom. The lowest BCUT2D eigenvalue weighted by molar-refractivity contribution is -0.134. The van der Waals surface area contributed by atoms with Gasteiger partial charge < -0.3 is 10.2 Å². The number of hydrogen-bond acceptors (Lipinski definition) is 3. The number of amides is 1. The van der Waals surface area contributed by atoms with E-state index in [-0.39, 0.29) is 11.8 Å². The first-order valence-electron chi connectivity index (χ1n) is 5.35. The van der Waals surface area contributed by atoms with Crippen molar-refractivity contribution < 1.29 is 4.79 Å². The lowest BCUT2D eigenvalue weighted by atomic mass is 10.1. The van der Waals surface area contributed by atoms with Crippen LogP contribution in [-0.4, -0.2) is 30.9 Å². The molecule has 0 spiro atoms. The number of rotatable bonds is 3. The standard InChI is InChI=1S/C11H15BrN2OS/c1-14(6-10-4-9(12)7-16-10)11(15)8-2-3-13-5-8/h4,7-8,13H,2-3,5-6H2,1H3. The van der Waals surface area contributed by atoms with Crippen LogP contribution in [0, 0.1) is 5.92 Å². The van der Waals surface area contributed by atoms with Gasteiger partial charge in [-0.15, -0.1) is 11.3 Å². The normalized spacial score (nSPS) is 20.0. The Bertz CT molecular complexity index is 374. The molecule has 1 aromatic rings. The smallest absolute Gasteiger partial charge is 0.227 e.